The summed E-state index contributed by atoms with van der Waals surface area (Å²) in [6, 6.07) is 8.02. The van der Waals surface area contributed by atoms with Gasteiger partial charge in [0, 0.05) is 30.2 Å². The molecule has 1 fully saturated rings. The average Bonchev–Trinajstić information content (AvgIpc) is 2.81. The van der Waals surface area contributed by atoms with Crippen LogP contribution < -0.4 is 27.2 Å². The Morgan fingerprint density at radius 1 is 1.22 bits per heavy atom. The maximum absolute atomic E-state index is 14.4. The summed E-state index contributed by atoms with van der Waals surface area (Å²) >= 11 is 0. The lowest BCUT2D eigenvalue weighted by molar-refractivity contribution is -0.122. The molecule has 1 heterocycles. The Balaban J connectivity index is 0.00000115. The van der Waals surface area contributed by atoms with Crippen molar-refractivity contribution in [2.24, 2.45) is 5.73 Å². The van der Waals surface area contributed by atoms with E-state index in [1.165, 1.54) is 36.4 Å². The Kier molecular flexibility index (Phi) is 7.90. The number of fused-ring (bicyclic) bond motifs is 1. The summed E-state index contributed by atoms with van der Waals surface area (Å²) in [6.45, 7) is 0.0601. The largest absolute Gasteiger partial charge is 0.483 e. The fourth-order valence-electron chi connectivity index (χ4n) is 3.92. The van der Waals surface area contributed by atoms with E-state index in [0.29, 0.717) is 28.8 Å². The number of carboxylic acid groups (broad SMARTS) is 2. The number of carbonyl (C=O) groups is 3. The highest BCUT2D eigenvalue weighted by molar-refractivity contribution is 6.13. The SMILES string of the molecule is CNc1cc(F)cc2c(NCC3(N)CCC3)c(C(=O)Nc3ccc(C(=O)O)cc3)c(=O)[nH]c12.O=CO. The van der Waals surface area contributed by atoms with E-state index in [-0.39, 0.29) is 23.3 Å². The molecule has 0 aliphatic heterocycles. The van der Waals surface area contributed by atoms with Gasteiger partial charge in [0.15, 0.2) is 0 Å². The number of rotatable bonds is 7. The monoisotopic (exact) mass is 499 g/mol. The average molecular weight is 499 g/mol. The summed E-state index contributed by atoms with van der Waals surface area (Å²) in [7, 11) is 1.60. The van der Waals surface area contributed by atoms with E-state index in [4.69, 9.17) is 20.7 Å². The van der Waals surface area contributed by atoms with Gasteiger partial charge in [0.1, 0.15) is 11.4 Å². The van der Waals surface area contributed by atoms with E-state index in [0.717, 1.165) is 19.3 Å². The molecule has 8 N–H and O–H groups in total. The van der Waals surface area contributed by atoms with Crippen molar-refractivity contribution in [2.45, 2.75) is 24.8 Å². The molecule has 190 valence electrons. The van der Waals surface area contributed by atoms with Crippen LogP contribution in [-0.2, 0) is 4.79 Å². The highest BCUT2D eigenvalue weighted by Gasteiger charge is 2.33. The van der Waals surface area contributed by atoms with E-state index >= 15 is 0 Å². The van der Waals surface area contributed by atoms with Gasteiger partial charge in [-0.1, -0.05) is 0 Å². The van der Waals surface area contributed by atoms with Crippen LogP contribution in [0.25, 0.3) is 10.9 Å². The van der Waals surface area contributed by atoms with Crippen LogP contribution in [-0.4, -0.2) is 52.7 Å². The fourth-order valence-corrected chi connectivity index (χ4v) is 3.92. The number of carbonyl (C=O) groups excluding carboxylic acids is 1. The van der Waals surface area contributed by atoms with Crippen LogP contribution in [0.2, 0.25) is 0 Å². The number of benzene rings is 2. The van der Waals surface area contributed by atoms with Gasteiger partial charge in [-0.15, -0.1) is 0 Å². The Bertz CT molecular complexity index is 1350. The van der Waals surface area contributed by atoms with Crippen molar-refractivity contribution >= 4 is 46.3 Å². The second-order valence-corrected chi connectivity index (χ2v) is 8.34. The van der Waals surface area contributed by atoms with Crippen molar-refractivity contribution < 1.29 is 29.0 Å². The highest BCUT2D eigenvalue weighted by Crippen LogP contribution is 2.33. The van der Waals surface area contributed by atoms with Crippen molar-refractivity contribution in [3.63, 3.8) is 0 Å². The number of carboxylic acids is 1. The molecule has 12 heteroatoms. The van der Waals surface area contributed by atoms with E-state index in [2.05, 4.69) is 20.9 Å². The lowest BCUT2D eigenvalue weighted by Gasteiger charge is -2.38. The predicted molar refractivity (Wildman–Crippen MR) is 133 cm³/mol. The topological polar surface area (TPSA) is 187 Å². The van der Waals surface area contributed by atoms with Gasteiger partial charge in [-0.2, -0.15) is 0 Å². The minimum atomic E-state index is -1.10. The molecule has 0 spiro atoms. The van der Waals surface area contributed by atoms with Crippen molar-refractivity contribution in [1.82, 2.24) is 4.98 Å². The van der Waals surface area contributed by atoms with Gasteiger partial charge < -0.3 is 36.9 Å². The van der Waals surface area contributed by atoms with Crippen molar-refractivity contribution in [1.29, 1.82) is 0 Å². The number of halogens is 1. The third-order valence-corrected chi connectivity index (χ3v) is 5.94. The maximum atomic E-state index is 14.4. The van der Waals surface area contributed by atoms with Crippen molar-refractivity contribution in [3.05, 3.63) is 63.7 Å². The molecule has 0 saturated heterocycles. The molecule has 3 aromatic rings. The zero-order valence-electron chi connectivity index (χ0n) is 19.4. The molecule has 1 aromatic heterocycles. The lowest BCUT2D eigenvalue weighted by Crippen LogP contribution is -2.52. The first-order valence-electron chi connectivity index (χ1n) is 10.9. The highest BCUT2D eigenvalue weighted by atomic mass is 19.1. The predicted octanol–water partition coefficient (Wildman–Crippen LogP) is 2.65. The van der Waals surface area contributed by atoms with Crippen molar-refractivity contribution in [3.8, 4) is 0 Å². The number of aromatic carboxylic acids is 1. The van der Waals surface area contributed by atoms with E-state index < -0.39 is 28.8 Å². The quantitative estimate of drug-likeness (QED) is 0.240. The molecule has 0 bridgehead atoms. The number of hydrogen-bond donors (Lipinski definition) is 7. The van der Waals surface area contributed by atoms with E-state index in [1.54, 1.807) is 7.05 Å². The van der Waals surface area contributed by atoms with Gasteiger partial charge in [0.2, 0.25) is 0 Å². The van der Waals surface area contributed by atoms with Crippen LogP contribution in [0.1, 0.15) is 40.0 Å². The Morgan fingerprint density at radius 2 is 1.86 bits per heavy atom. The van der Waals surface area contributed by atoms with E-state index in [1.807, 2.05) is 0 Å². The summed E-state index contributed by atoms with van der Waals surface area (Å²) in [6.07, 6.45) is 2.59. The minimum Gasteiger partial charge on any atom is -0.483 e. The molecule has 0 atom stereocenters. The standard InChI is InChI=1S/C23H24FN5O4.CH2O2/c1-26-16-10-13(24)9-15-18(16)29-21(31)17(19(15)27-11-23(25)7-2-8-23)20(30)28-14-5-3-12(4-6-14)22(32)33;2-1-3/h3-6,9-10,26H,2,7-8,11,25H2,1H3,(H,28,30)(H,32,33)(H2,27,29,31);1H,(H,2,3). The lowest BCUT2D eigenvalue weighted by atomic mass is 9.77. The zero-order chi connectivity index (χ0) is 26.5. The Morgan fingerprint density at radius 3 is 2.39 bits per heavy atom. The first-order chi connectivity index (χ1) is 17.1. The van der Waals surface area contributed by atoms with Gasteiger partial charge in [-0.25, -0.2) is 9.18 Å². The molecular weight excluding hydrogens is 473 g/mol. The summed E-state index contributed by atoms with van der Waals surface area (Å²) < 4.78 is 14.4. The number of amides is 1. The molecular formula is C24H26FN5O6. The molecule has 4 rings (SSSR count). The number of H-pyrrole nitrogens is 1. The number of hydrogen-bond acceptors (Lipinski definition) is 7. The van der Waals surface area contributed by atoms with Crippen LogP contribution >= 0.6 is 0 Å². The van der Waals surface area contributed by atoms with Crippen LogP contribution in [0.5, 0.6) is 0 Å². The molecule has 11 nitrogen and oxygen atoms in total. The molecule has 1 saturated carbocycles. The Labute approximate surface area is 204 Å². The summed E-state index contributed by atoms with van der Waals surface area (Å²) in [4.78, 5) is 48.2. The number of anilines is 3. The van der Waals surface area contributed by atoms with E-state index in [9.17, 15) is 18.8 Å². The zero-order valence-corrected chi connectivity index (χ0v) is 19.4. The fraction of sp³-hybridized carbons (Fsp3) is 0.250. The van der Waals surface area contributed by atoms with Crippen LogP contribution in [0.3, 0.4) is 0 Å². The van der Waals surface area contributed by atoms with Crippen LogP contribution in [0.4, 0.5) is 21.5 Å². The second kappa shape index (κ2) is 10.9. The number of aromatic nitrogens is 1. The molecule has 36 heavy (non-hydrogen) atoms. The number of nitrogens with one attached hydrogen (secondary N) is 4. The van der Waals surface area contributed by atoms with Gasteiger partial charge in [0.25, 0.3) is 17.9 Å². The third-order valence-electron chi connectivity index (χ3n) is 5.94. The number of aromatic amines is 1. The summed E-state index contributed by atoms with van der Waals surface area (Å²) in [5.41, 5.74) is 6.25. The van der Waals surface area contributed by atoms with Gasteiger partial charge >= 0.3 is 5.97 Å². The van der Waals surface area contributed by atoms with Gasteiger partial charge in [0.05, 0.1) is 22.5 Å². The number of pyridine rings is 1. The summed E-state index contributed by atoms with van der Waals surface area (Å²) in [5.74, 6) is -2.36. The minimum absolute atomic E-state index is 0.0581. The maximum Gasteiger partial charge on any atom is 0.335 e. The molecule has 0 radical (unpaired) electrons. The van der Waals surface area contributed by atoms with Gasteiger partial charge in [-0.05, 0) is 55.7 Å². The molecule has 2 aromatic carbocycles. The van der Waals surface area contributed by atoms with Crippen LogP contribution in [0, 0.1) is 5.82 Å². The molecule has 1 aliphatic rings. The molecule has 0 unspecified atom stereocenters. The van der Waals surface area contributed by atoms with Crippen LogP contribution in [0.15, 0.2) is 41.2 Å². The summed E-state index contributed by atoms with van der Waals surface area (Å²) in [5, 5.41) is 24.8. The first-order valence-corrected chi connectivity index (χ1v) is 10.9. The number of nitrogens with two attached hydrogens (primary N) is 1. The van der Waals surface area contributed by atoms with Gasteiger partial charge in [-0.3, -0.25) is 14.4 Å². The smallest absolute Gasteiger partial charge is 0.335 e. The Hall–Kier alpha value is -4.45. The normalized spacial score (nSPS) is 13.5. The second-order valence-electron chi connectivity index (χ2n) is 8.34. The first kappa shape index (κ1) is 26.2. The molecule has 1 amide bonds. The molecule has 1 aliphatic carbocycles. The van der Waals surface area contributed by atoms with Crippen molar-refractivity contribution in [2.75, 3.05) is 29.5 Å². The third kappa shape index (κ3) is 5.61.